The van der Waals surface area contributed by atoms with E-state index in [2.05, 4.69) is 5.73 Å². The molecule has 0 bridgehead atoms. The molecule has 0 spiro atoms. The van der Waals surface area contributed by atoms with E-state index in [4.69, 9.17) is 14.6 Å². The maximum atomic E-state index is 10.4. The van der Waals surface area contributed by atoms with Gasteiger partial charge in [0.2, 0.25) is 13.3 Å². The van der Waals surface area contributed by atoms with Crippen LogP contribution in [0.4, 0.5) is 8.78 Å². The number of hydrogen-bond acceptors (Lipinski definition) is 5. The molecule has 7 nitrogen and oxygen atoms in total. The maximum Gasteiger partial charge on any atom is 0.320 e. The molecule has 0 saturated carbocycles. The van der Waals surface area contributed by atoms with Gasteiger partial charge >= 0.3 is 5.97 Å². The molecule has 1 aliphatic heterocycles. The van der Waals surface area contributed by atoms with Crippen molar-refractivity contribution >= 4 is 18.7 Å². The van der Waals surface area contributed by atoms with Gasteiger partial charge in [-0.1, -0.05) is 18.2 Å². The number of nitrogens with two attached hydrogens (primary N) is 1. The number of carbonyl (C=O) groups excluding carboxylic acids is 2. The highest BCUT2D eigenvalue weighted by Crippen LogP contribution is 2.13. The molecule has 9 heteroatoms. The number of likely N-dealkylation sites (N-methyl/N-ethyl adjacent to an activating group) is 1. The number of likely N-dealkylation sites (tertiary alicyclic amines) is 1. The fourth-order valence-corrected chi connectivity index (χ4v) is 2.26. The Kier molecular flexibility index (Phi) is 20.5. The molecule has 2 rings (SSSR count). The number of alkyl halides is 2. The van der Waals surface area contributed by atoms with Gasteiger partial charge in [-0.15, -0.1) is 0 Å². The zero-order valence-corrected chi connectivity index (χ0v) is 16.1. The lowest BCUT2D eigenvalue weighted by atomic mass is 10.2. The molecule has 1 atom stereocenters. The number of nitrogens with zero attached hydrogens (tertiary/aromatic N) is 1. The first kappa shape index (κ1) is 27.7. The van der Waals surface area contributed by atoms with Crippen molar-refractivity contribution in [1.82, 2.24) is 4.90 Å². The van der Waals surface area contributed by atoms with Crippen LogP contribution < -0.4 is 10.5 Å². The van der Waals surface area contributed by atoms with Crippen LogP contribution in [0.15, 0.2) is 30.3 Å². The summed E-state index contributed by atoms with van der Waals surface area (Å²) in [6.07, 6.45) is 5.52. The second kappa shape index (κ2) is 20.8. The maximum absolute atomic E-state index is 10.4. The Balaban J connectivity index is 0. The normalized spacial score (nSPS) is 14.8. The SMILES string of the molecule is CN1CCCC1C(=O)O.FCF.NC=O.O=CCCCCOc1ccccc1. The number of para-hydroxylation sites is 1. The van der Waals surface area contributed by atoms with Crippen molar-refractivity contribution in [3.63, 3.8) is 0 Å². The van der Waals surface area contributed by atoms with Crippen molar-refractivity contribution < 1.29 is 33.0 Å². The van der Waals surface area contributed by atoms with Crippen molar-refractivity contribution in [2.45, 2.75) is 38.1 Å². The molecular formula is C19H30F2N2O5. The molecule has 0 radical (unpaired) electrons. The molecule has 1 saturated heterocycles. The highest BCUT2D eigenvalue weighted by Gasteiger charge is 2.26. The second-order valence-corrected chi connectivity index (χ2v) is 5.54. The second-order valence-electron chi connectivity index (χ2n) is 5.54. The minimum absolute atomic E-state index is 0.218. The van der Waals surface area contributed by atoms with Gasteiger partial charge in [0, 0.05) is 6.42 Å². The minimum atomic E-state index is -1.75. The number of carbonyl (C=O) groups is 3. The van der Waals surface area contributed by atoms with E-state index in [-0.39, 0.29) is 12.5 Å². The smallest absolute Gasteiger partial charge is 0.320 e. The highest BCUT2D eigenvalue weighted by atomic mass is 19.3. The third-order valence-electron chi connectivity index (χ3n) is 3.53. The Bertz CT molecular complexity index is 506. The van der Waals surface area contributed by atoms with E-state index >= 15 is 0 Å². The highest BCUT2D eigenvalue weighted by molar-refractivity contribution is 5.73. The summed E-state index contributed by atoms with van der Waals surface area (Å²) in [4.78, 5) is 30.8. The first-order valence-electron chi connectivity index (χ1n) is 8.80. The number of halogens is 2. The number of aldehydes is 1. The summed E-state index contributed by atoms with van der Waals surface area (Å²) in [5.41, 5.74) is 4.17. The van der Waals surface area contributed by atoms with Crippen LogP contribution in [-0.2, 0) is 14.4 Å². The van der Waals surface area contributed by atoms with E-state index < -0.39 is 12.9 Å². The Hall–Kier alpha value is -2.55. The molecule has 1 heterocycles. The molecular weight excluding hydrogens is 374 g/mol. The number of hydrogen-bond donors (Lipinski definition) is 2. The van der Waals surface area contributed by atoms with Gasteiger partial charge in [0.15, 0.2) is 0 Å². The quantitative estimate of drug-likeness (QED) is 0.534. The predicted molar refractivity (Wildman–Crippen MR) is 102 cm³/mol. The van der Waals surface area contributed by atoms with Crippen LogP contribution in [0.2, 0.25) is 0 Å². The standard InChI is InChI=1S/C11H14O2.C6H11NO2.CH2F2.CH3NO/c12-9-5-2-6-10-13-11-7-3-1-4-8-11;1-7-4-2-3-5(7)6(8)9;2*2-1-3/h1,3-4,7-9H,2,5-6,10H2;5H,2-4H2,1H3,(H,8,9);1H2;1H,(H2,2,3). The Morgan fingerprint density at radius 2 is 1.86 bits per heavy atom. The number of benzene rings is 1. The number of aliphatic carboxylic acids is 1. The number of ether oxygens (including phenoxy) is 1. The topological polar surface area (TPSA) is 110 Å². The summed E-state index contributed by atoms with van der Waals surface area (Å²) in [5, 5.41) is 8.54. The Morgan fingerprint density at radius 1 is 1.29 bits per heavy atom. The first-order valence-corrected chi connectivity index (χ1v) is 8.80. The van der Waals surface area contributed by atoms with Crippen molar-refractivity contribution in [2.24, 2.45) is 5.73 Å². The predicted octanol–water partition coefficient (Wildman–Crippen LogP) is 2.58. The summed E-state index contributed by atoms with van der Waals surface area (Å²) in [5.74, 6) is 0.212. The number of amides is 1. The van der Waals surface area contributed by atoms with Gasteiger partial charge in [0.05, 0.1) is 6.61 Å². The van der Waals surface area contributed by atoms with Gasteiger partial charge in [-0.25, -0.2) is 8.78 Å². The largest absolute Gasteiger partial charge is 0.494 e. The summed E-state index contributed by atoms with van der Waals surface area (Å²) >= 11 is 0. The van der Waals surface area contributed by atoms with E-state index in [9.17, 15) is 18.4 Å². The Labute approximate surface area is 164 Å². The summed E-state index contributed by atoms with van der Waals surface area (Å²) in [7, 11) is 1.85. The number of carboxylic acids is 1. The Morgan fingerprint density at radius 3 is 2.25 bits per heavy atom. The summed E-state index contributed by atoms with van der Waals surface area (Å²) < 4.78 is 24.7. The lowest BCUT2D eigenvalue weighted by Gasteiger charge is -2.13. The van der Waals surface area contributed by atoms with Gasteiger partial charge in [-0.3, -0.25) is 14.5 Å². The zero-order chi connectivity index (χ0) is 21.6. The zero-order valence-electron chi connectivity index (χ0n) is 16.1. The lowest BCUT2D eigenvalue weighted by molar-refractivity contribution is -0.141. The molecule has 1 aromatic carbocycles. The summed E-state index contributed by atoms with van der Waals surface area (Å²) in [6, 6.07) is 9.49. The monoisotopic (exact) mass is 404 g/mol. The molecule has 1 aliphatic rings. The lowest BCUT2D eigenvalue weighted by Crippen LogP contribution is -2.32. The number of rotatable bonds is 7. The molecule has 1 unspecified atom stereocenters. The van der Waals surface area contributed by atoms with Crippen molar-refractivity contribution in [2.75, 3.05) is 27.1 Å². The van der Waals surface area contributed by atoms with Gasteiger partial charge in [0.25, 0.3) is 0 Å². The third kappa shape index (κ3) is 16.9. The molecule has 160 valence electrons. The van der Waals surface area contributed by atoms with E-state index in [0.717, 1.165) is 44.3 Å². The minimum Gasteiger partial charge on any atom is -0.494 e. The van der Waals surface area contributed by atoms with Crippen LogP contribution in [-0.4, -0.2) is 61.8 Å². The third-order valence-corrected chi connectivity index (χ3v) is 3.53. The van der Waals surface area contributed by atoms with Crippen molar-refractivity contribution in [1.29, 1.82) is 0 Å². The van der Waals surface area contributed by atoms with Crippen LogP contribution in [0.1, 0.15) is 32.1 Å². The van der Waals surface area contributed by atoms with E-state index in [1.54, 1.807) is 0 Å². The molecule has 28 heavy (non-hydrogen) atoms. The molecule has 1 amide bonds. The van der Waals surface area contributed by atoms with Gasteiger partial charge in [0.1, 0.15) is 18.1 Å². The van der Waals surface area contributed by atoms with Gasteiger partial charge < -0.3 is 20.4 Å². The first-order chi connectivity index (χ1) is 13.5. The molecule has 1 aromatic rings. The number of unbranched alkanes of at least 4 members (excludes halogenated alkanes) is 2. The average Bonchev–Trinajstić information content (AvgIpc) is 3.11. The molecule has 1 fully saturated rings. The van der Waals surface area contributed by atoms with Gasteiger partial charge in [-0.2, -0.15) is 0 Å². The van der Waals surface area contributed by atoms with E-state index in [1.165, 1.54) is 0 Å². The molecule has 0 aromatic heterocycles. The molecule has 3 N–H and O–H groups in total. The fourth-order valence-electron chi connectivity index (χ4n) is 2.26. The van der Waals surface area contributed by atoms with Crippen LogP contribution in [0.3, 0.4) is 0 Å². The fraction of sp³-hybridized carbons (Fsp3) is 0.526. The van der Waals surface area contributed by atoms with Crippen LogP contribution in [0.25, 0.3) is 0 Å². The average molecular weight is 404 g/mol. The van der Waals surface area contributed by atoms with Crippen LogP contribution >= 0.6 is 0 Å². The van der Waals surface area contributed by atoms with E-state index in [1.807, 2.05) is 42.3 Å². The van der Waals surface area contributed by atoms with Crippen molar-refractivity contribution in [3.05, 3.63) is 30.3 Å². The number of primary amides is 1. The van der Waals surface area contributed by atoms with Gasteiger partial charge in [-0.05, 0) is 51.4 Å². The van der Waals surface area contributed by atoms with Crippen LogP contribution in [0.5, 0.6) is 5.75 Å². The van der Waals surface area contributed by atoms with Crippen LogP contribution in [0, 0.1) is 0 Å². The van der Waals surface area contributed by atoms with Crippen molar-refractivity contribution in [3.8, 4) is 5.75 Å². The number of carboxylic acid groups (broad SMARTS) is 1. The van der Waals surface area contributed by atoms with E-state index in [0.29, 0.717) is 13.0 Å². The summed E-state index contributed by atoms with van der Waals surface area (Å²) in [6.45, 7) is -0.130. The molecule has 0 aliphatic carbocycles.